The highest BCUT2D eigenvalue weighted by atomic mass is 16.5. The van der Waals surface area contributed by atoms with E-state index < -0.39 is 13.1 Å². The van der Waals surface area contributed by atoms with E-state index in [1.54, 1.807) is 30.3 Å². The van der Waals surface area contributed by atoms with Crippen molar-refractivity contribution in [2.24, 2.45) is 5.73 Å². The van der Waals surface area contributed by atoms with E-state index in [-0.39, 0.29) is 18.1 Å². The summed E-state index contributed by atoms with van der Waals surface area (Å²) in [7, 11) is -1.28. The van der Waals surface area contributed by atoms with Gasteiger partial charge in [-0.15, -0.1) is 0 Å². The normalized spacial score (nSPS) is 15.3. The molecule has 5 N–H and O–H groups in total. The fourth-order valence-corrected chi connectivity index (χ4v) is 3.23. The van der Waals surface area contributed by atoms with Crippen LogP contribution in [0, 0.1) is 5.21 Å². The molecule has 1 amide bonds. The molecule has 0 unspecified atom stereocenters. The van der Waals surface area contributed by atoms with Crippen LogP contribution in [0.4, 0.5) is 5.82 Å². The maximum atomic E-state index is 12.4. The molecule has 10 heteroatoms. The van der Waals surface area contributed by atoms with Crippen molar-refractivity contribution < 1.29 is 24.0 Å². The van der Waals surface area contributed by atoms with Crippen LogP contribution in [0.25, 0.3) is 0 Å². The van der Waals surface area contributed by atoms with Gasteiger partial charge in [0.05, 0.1) is 30.7 Å². The van der Waals surface area contributed by atoms with Gasteiger partial charge in [0.25, 0.3) is 5.82 Å². The smallest absolute Gasteiger partial charge is 0.547 e. The summed E-state index contributed by atoms with van der Waals surface area (Å²) in [5, 5.41) is 27.9. The van der Waals surface area contributed by atoms with Crippen LogP contribution in [-0.2, 0) is 17.6 Å². The van der Waals surface area contributed by atoms with Gasteiger partial charge in [-0.2, -0.15) is 0 Å². The van der Waals surface area contributed by atoms with Gasteiger partial charge < -0.3 is 25.9 Å². The number of aromatic nitrogens is 1. The van der Waals surface area contributed by atoms with Gasteiger partial charge in [-0.1, -0.05) is 12.1 Å². The summed E-state index contributed by atoms with van der Waals surface area (Å²) in [5.41, 5.74) is 7.06. The third kappa shape index (κ3) is 4.85. The molecule has 2 heterocycles. The van der Waals surface area contributed by atoms with Crippen molar-refractivity contribution in [3.8, 4) is 5.75 Å². The summed E-state index contributed by atoms with van der Waals surface area (Å²) in [5.74, 6) is -0.472. The number of para-hydroxylation sites is 1. The SMILES string of the molecule is CC(=O)c1cccc2c1OB(O)[C@@H](NC(=O)Cc1ccc(NCCN)[n+]([O-])c1)C2. The summed E-state index contributed by atoms with van der Waals surface area (Å²) in [4.78, 5) is 24.1. The quantitative estimate of drug-likeness (QED) is 0.215. The van der Waals surface area contributed by atoms with Gasteiger partial charge in [0.15, 0.2) is 5.78 Å². The molecule has 0 aliphatic carbocycles. The molecule has 1 atom stereocenters. The molecule has 152 valence electrons. The molecule has 1 aliphatic heterocycles. The second-order valence-electron chi connectivity index (χ2n) is 6.88. The molecular weight excluding hydrogens is 375 g/mol. The van der Waals surface area contributed by atoms with E-state index in [0.717, 1.165) is 5.56 Å². The van der Waals surface area contributed by atoms with Gasteiger partial charge in [0.1, 0.15) is 5.75 Å². The highest BCUT2D eigenvalue weighted by Gasteiger charge is 2.37. The molecular formula is C19H23BN4O5. The number of anilines is 1. The number of hydrogen-bond donors (Lipinski definition) is 4. The zero-order valence-corrected chi connectivity index (χ0v) is 16.1. The largest absolute Gasteiger partial charge is 0.711 e. The Morgan fingerprint density at radius 2 is 2.17 bits per heavy atom. The van der Waals surface area contributed by atoms with Gasteiger partial charge in [0.2, 0.25) is 5.91 Å². The van der Waals surface area contributed by atoms with Crippen LogP contribution in [0.1, 0.15) is 28.4 Å². The zero-order chi connectivity index (χ0) is 21.0. The molecule has 1 aliphatic rings. The molecule has 0 fully saturated rings. The van der Waals surface area contributed by atoms with E-state index in [1.165, 1.54) is 13.1 Å². The van der Waals surface area contributed by atoms with Crippen molar-refractivity contribution >= 4 is 24.6 Å². The molecule has 0 radical (unpaired) electrons. The predicted molar refractivity (Wildman–Crippen MR) is 107 cm³/mol. The lowest BCUT2D eigenvalue weighted by molar-refractivity contribution is -0.590. The second-order valence-corrected chi connectivity index (χ2v) is 6.88. The molecule has 3 rings (SSSR count). The van der Waals surface area contributed by atoms with Crippen LogP contribution in [0.3, 0.4) is 0 Å². The van der Waals surface area contributed by atoms with E-state index in [1.807, 2.05) is 0 Å². The summed E-state index contributed by atoms with van der Waals surface area (Å²) in [6, 6.07) is 8.43. The Kier molecular flexibility index (Phi) is 6.35. The number of hydrogen-bond acceptors (Lipinski definition) is 7. The van der Waals surface area contributed by atoms with Crippen molar-refractivity contribution in [3.63, 3.8) is 0 Å². The zero-order valence-electron chi connectivity index (χ0n) is 16.1. The van der Waals surface area contributed by atoms with E-state index >= 15 is 0 Å². The topological polar surface area (TPSA) is 141 Å². The first kappa shape index (κ1) is 20.6. The minimum absolute atomic E-state index is 0.0248. The average Bonchev–Trinajstić information content (AvgIpc) is 2.67. The number of rotatable bonds is 7. The Morgan fingerprint density at radius 1 is 1.38 bits per heavy atom. The lowest BCUT2D eigenvalue weighted by Crippen LogP contribution is -2.53. The third-order valence-electron chi connectivity index (χ3n) is 4.64. The second kappa shape index (κ2) is 8.93. The Bertz CT molecular complexity index is 923. The van der Waals surface area contributed by atoms with Crippen molar-refractivity contribution in [3.05, 3.63) is 58.4 Å². The van der Waals surface area contributed by atoms with Crippen LogP contribution >= 0.6 is 0 Å². The molecule has 1 aromatic heterocycles. The van der Waals surface area contributed by atoms with Crippen LogP contribution in [0.2, 0.25) is 0 Å². The van der Waals surface area contributed by atoms with E-state index in [2.05, 4.69) is 10.6 Å². The van der Waals surface area contributed by atoms with Gasteiger partial charge in [-0.05, 0) is 31.0 Å². The maximum absolute atomic E-state index is 12.4. The molecule has 1 aromatic carbocycles. The number of Topliss-reactive ketones (excluding diaryl/α,β-unsaturated/α-hetero) is 1. The monoisotopic (exact) mass is 398 g/mol. The first-order valence-electron chi connectivity index (χ1n) is 9.32. The molecule has 2 aromatic rings. The van der Waals surface area contributed by atoms with Gasteiger partial charge in [-0.25, -0.2) is 4.73 Å². The number of nitrogens with two attached hydrogens (primary N) is 1. The number of nitrogens with zero attached hydrogens (tertiary/aromatic N) is 1. The summed E-state index contributed by atoms with van der Waals surface area (Å²) in [6.07, 6.45) is 1.62. The van der Waals surface area contributed by atoms with Crippen molar-refractivity contribution in [1.29, 1.82) is 0 Å². The van der Waals surface area contributed by atoms with Crippen LogP contribution in [0.15, 0.2) is 36.5 Å². The number of pyridine rings is 1. The molecule has 9 nitrogen and oxygen atoms in total. The molecule has 0 bridgehead atoms. The van der Waals surface area contributed by atoms with Crippen LogP contribution in [-0.4, -0.2) is 42.9 Å². The van der Waals surface area contributed by atoms with Gasteiger partial charge >= 0.3 is 7.12 Å². The Hall–Kier alpha value is -3.11. The fraction of sp³-hybridized carbons (Fsp3) is 0.316. The summed E-state index contributed by atoms with van der Waals surface area (Å²) < 4.78 is 6.16. The lowest BCUT2D eigenvalue weighted by atomic mass is 9.72. The predicted octanol–water partition coefficient (Wildman–Crippen LogP) is -0.425. The molecule has 0 saturated heterocycles. The highest BCUT2D eigenvalue weighted by Crippen LogP contribution is 2.30. The average molecular weight is 398 g/mol. The molecule has 0 spiro atoms. The Labute approximate surface area is 168 Å². The van der Waals surface area contributed by atoms with Crippen molar-refractivity contribution in [2.75, 3.05) is 18.4 Å². The van der Waals surface area contributed by atoms with E-state index in [0.29, 0.717) is 46.9 Å². The third-order valence-corrected chi connectivity index (χ3v) is 4.64. The van der Waals surface area contributed by atoms with Gasteiger partial charge in [0, 0.05) is 18.2 Å². The van der Waals surface area contributed by atoms with Gasteiger partial charge in [-0.3, -0.25) is 14.9 Å². The van der Waals surface area contributed by atoms with E-state index in [9.17, 15) is 19.8 Å². The number of carbonyl (C=O) groups is 2. The Balaban J connectivity index is 1.65. The highest BCUT2D eigenvalue weighted by molar-refractivity contribution is 6.47. The molecule has 0 saturated carbocycles. The Morgan fingerprint density at radius 3 is 2.86 bits per heavy atom. The first-order valence-corrected chi connectivity index (χ1v) is 9.32. The first-order chi connectivity index (χ1) is 13.9. The van der Waals surface area contributed by atoms with E-state index in [4.69, 9.17) is 10.4 Å². The molecule has 29 heavy (non-hydrogen) atoms. The number of fused-ring (bicyclic) bond motifs is 1. The number of benzene rings is 1. The van der Waals surface area contributed by atoms with Crippen LogP contribution < -0.4 is 25.8 Å². The van der Waals surface area contributed by atoms with Crippen molar-refractivity contribution in [1.82, 2.24) is 5.32 Å². The number of amides is 1. The fourth-order valence-electron chi connectivity index (χ4n) is 3.23. The summed E-state index contributed by atoms with van der Waals surface area (Å²) in [6.45, 7) is 2.29. The number of carbonyl (C=O) groups excluding carboxylic acids is 2. The van der Waals surface area contributed by atoms with Crippen LogP contribution in [0.5, 0.6) is 5.75 Å². The standard InChI is InChI=1S/C19H23BN4O5/c1-12(25)15-4-2-3-14-10-16(20(27)29-19(14)15)23-18(26)9-13-5-6-17(22-8-7-21)24(28)11-13/h2-6,11,16,22,27H,7-10,21H2,1H3,(H,23,26)/t16-/m0/s1. The maximum Gasteiger partial charge on any atom is 0.547 e. The number of nitrogens with one attached hydrogen (secondary N) is 2. The minimum Gasteiger partial charge on any atom is -0.711 e. The minimum atomic E-state index is -1.28. The van der Waals surface area contributed by atoms with Crippen molar-refractivity contribution in [2.45, 2.75) is 25.7 Å². The summed E-state index contributed by atoms with van der Waals surface area (Å²) >= 11 is 0. The number of ketones is 1. The lowest BCUT2D eigenvalue weighted by Gasteiger charge is -2.29.